The number of fused-ring (bicyclic) bond motifs is 1. The number of aliphatic hydroxyl groups excluding tert-OH is 1. The molecule has 1 aromatic carbocycles. The number of amides is 1. The fraction of sp³-hybridized carbons (Fsp3) is 0.429. The van der Waals surface area contributed by atoms with Crippen LogP contribution in [0.3, 0.4) is 0 Å². The average Bonchev–Trinajstić information content (AvgIpc) is 2.47. The zero-order valence-corrected chi connectivity index (χ0v) is 11.7. The Bertz CT molecular complexity index is 546. The maximum absolute atomic E-state index is 11.6. The Labute approximate surface area is 122 Å². The number of carboxylic acids is 1. The molecule has 3 N–H and O–H groups in total. The highest BCUT2D eigenvalue weighted by molar-refractivity contribution is 5.97. The van der Waals surface area contributed by atoms with E-state index in [1.54, 1.807) is 25.2 Å². The summed E-state index contributed by atoms with van der Waals surface area (Å²) >= 11 is 0. The highest BCUT2D eigenvalue weighted by Crippen LogP contribution is 2.34. The van der Waals surface area contributed by atoms with E-state index in [0.29, 0.717) is 30.0 Å². The Morgan fingerprint density at radius 3 is 3.00 bits per heavy atom. The molecule has 0 spiro atoms. The molecule has 7 nitrogen and oxygen atoms in total. The van der Waals surface area contributed by atoms with Crippen molar-refractivity contribution in [3.8, 4) is 5.75 Å². The molecule has 2 rings (SSSR count). The molecular weight excluding hydrogens is 276 g/mol. The topological polar surface area (TPSA) is 99.1 Å². The minimum absolute atomic E-state index is 0.0184. The molecule has 114 valence electrons. The molecule has 7 heteroatoms. The predicted molar refractivity (Wildman–Crippen MR) is 75.4 cm³/mol. The van der Waals surface area contributed by atoms with Crippen molar-refractivity contribution >= 4 is 17.6 Å². The lowest BCUT2D eigenvalue weighted by Crippen LogP contribution is -2.35. The van der Waals surface area contributed by atoms with Crippen molar-refractivity contribution in [1.82, 2.24) is 5.32 Å². The fourth-order valence-electron chi connectivity index (χ4n) is 2.10. The number of carbonyl (C=O) groups is 2. The van der Waals surface area contributed by atoms with Crippen LogP contribution in [0.25, 0.3) is 0 Å². The van der Waals surface area contributed by atoms with E-state index in [2.05, 4.69) is 5.32 Å². The smallest absolute Gasteiger partial charge is 0.317 e. The second-order valence-corrected chi connectivity index (χ2v) is 4.84. The summed E-state index contributed by atoms with van der Waals surface area (Å²) in [6.45, 7) is 0.266. The number of benzene rings is 1. The zero-order chi connectivity index (χ0) is 15.4. The Morgan fingerprint density at radius 2 is 2.29 bits per heavy atom. The number of nitrogens with zero attached hydrogens (tertiary/aromatic N) is 1. The lowest BCUT2D eigenvalue weighted by molar-refractivity contribution is -0.136. The van der Waals surface area contributed by atoms with E-state index in [1.165, 1.54) is 4.90 Å². The van der Waals surface area contributed by atoms with Crippen molar-refractivity contribution in [2.45, 2.75) is 12.5 Å². The van der Waals surface area contributed by atoms with Gasteiger partial charge in [-0.25, -0.2) is 0 Å². The van der Waals surface area contributed by atoms with E-state index in [9.17, 15) is 14.7 Å². The molecule has 0 aliphatic carbocycles. The van der Waals surface area contributed by atoms with Gasteiger partial charge in [-0.3, -0.25) is 9.59 Å². The van der Waals surface area contributed by atoms with Gasteiger partial charge in [-0.05, 0) is 30.7 Å². The Balaban J connectivity index is 2.00. The molecule has 1 atom stereocenters. The van der Waals surface area contributed by atoms with E-state index < -0.39 is 12.1 Å². The van der Waals surface area contributed by atoms with Crippen molar-refractivity contribution in [2.75, 3.05) is 31.6 Å². The fourth-order valence-corrected chi connectivity index (χ4v) is 2.10. The predicted octanol–water partition coefficient (Wildman–Crippen LogP) is 0.140. The zero-order valence-electron chi connectivity index (χ0n) is 11.7. The van der Waals surface area contributed by atoms with Gasteiger partial charge in [0.05, 0.1) is 18.3 Å². The molecular formula is C14H18N2O5. The van der Waals surface area contributed by atoms with Crippen LogP contribution in [-0.4, -0.2) is 48.8 Å². The molecule has 21 heavy (non-hydrogen) atoms. The van der Waals surface area contributed by atoms with E-state index >= 15 is 0 Å². The number of hydrogen-bond donors (Lipinski definition) is 3. The normalized spacial score (nSPS) is 15.3. The van der Waals surface area contributed by atoms with Crippen LogP contribution in [0.2, 0.25) is 0 Å². The van der Waals surface area contributed by atoms with Crippen molar-refractivity contribution < 1.29 is 24.5 Å². The van der Waals surface area contributed by atoms with Crippen LogP contribution in [-0.2, 0) is 9.59 Å². The molecule has 1 unspecified atom stereocenters. The third-order valence-electron chi connectivity index (χ3n) is 3.33. The SMILES string of the molecule is CN1C(=O)COc2ccc(C(O)CCNCC(=O)O)cc21. The summed E-state index contributed by atoms with van der Waals surface area (Å²) in [5, 5.41) is 21.3. The number of rotatable bonds is 6. The molecule has 0 fully saturated rings. The van der Waals surface area contributed by atoms with Crippen LogP contribution in [0, 0.1) is 0 Å². The summed E-state index contributed by atoms with van der Waals surface area (Å²) in [7, 11) is 1.66. The van der Waals surface area contributed by atoms with Crippen LogP contribution in [0.1, 0.15) is 18.1 Å². The number of anilines is 1. The number of hydrogen-bond acceptors (Lipinski definition) is 5. The van der Waals surface area contributed by atoms with Gasteiger partial charge in [-0.15, -0.1) is 0 Å². The number of carbonyl (C=O) groups excluding carboxylic acids is 1. The second kappa shape index (κ2) is 6.55. The number of carboxylic acid groups (broad SMARTS) is 1. The molecule has 1 heterocycles. The Hall–Kier alpha value is -2.12. The summed E-state index contributed by atoms with van der Waals surface area (Å²) < 4.78 is 5.32. The summed E-state index contributed by atoms with van der Waals surface area (Å²) in [4.78, 5) is 23.4. The largest absolute Gasteiger partial charge is 0.482 e. The summed E-state index contributed by atoms with van der Waals surface area (Å²) in [6.07, 6.45) is -0.355. The standard InChI is InChI=1S/C14H18N2O5/c1-16-10-6-9(2-3-12(10)21-8-13(16)18)11(17)4-5-15-7-14(19)20/h2-3,6,11,15,17H,4-5,7-8H2,1H3,(H,19,20). The molecule has 0 bridgehead atoms. The number of aliphatic carboxylic acids is 1. The van der Waals surface area contributed by atoms with E-state index in [0.717, 1.165) is 0 Å². The summed E-state index contributed by atoms with van der Waals surface area (Å²) in [6, 6.07) is 5.18. The van der Waals surface area contributed by atoms with Crippen molar-refractivity contribution in [2.24, 2.45) is 0 Å². The third-order valence-corrected chi connectivity index (χ3v) is 3.33. The molecule has 0 saturated carbocycles. The molecule has 1 aliphatic rings. The van der Waals surface area contributed by atoms with Crippen LogP contribution in [0.5, 0.6) is 5.75 Å². The maximum Gasteiger partial charge on any atom is 0.317 e. The number of aliphatic hydroxyl groups is 1. The summed E-state index contributed by atoms with van der Waals surface area (Å²) in [5.41, 5.74) is 1.29. The highest BCUT2D eigenvalue weighted by Gasteiger charge is 2.23. The first-order chi connectivity index (χ1) is 9.99. The van der Waals surface area contributed by atoms with Crippen molar-refractivity contribution in [3.05, 3.63) is 23.8 Å². The molecule has 1 aliphatic heterocycles. The minimum Gasteiger partial charge on any atom is -0.482 e. The van der Waals surface area contributed by atoms with Crippen LogP contribution >= 0.6 is 0 Å². The minimum atomic E-state index is -0.935. The van der Waals surface area contributed by atoms with Crippen LogP contribution in [0.15, 0.2) is 18.2 Å². The van der Waals surface area contributed by atoms with Gasteiger partial charge in [0.15, 0.2) is 6.61 Å². The van der Waals surface area contributed by atoms with Gasteiger partial charge in [0.2, 0.25) is 0 Å². The lowest BCUT2D eigenvalue weighted by Gasteiger charge is -2.27. The molecule has 1 amide bonds. The molecule has 0 aromatic heterocycles. The molecule has 0 saturated heterocycles. The highest BCUT2D eigenvalue weighted by atomic mass is 16.5. The number of ether oxygens (including phenoxy) is 1. The van der Waals surface area contributed by atoms with Crippen molar-refractivity contribution in [1.29, 1.82) is 0 Å². The van der Waals surface area contributed by atoms with Gasteiger partial charge in [-0.1, -0.05) is 6.07 Å². The Morgan fingerprint density at radius 1 is 1.52 bits per heavy atom. The molecule has 0 radical (unpaired) electrons. The van der Waals surface area contributed by atoms with Gasteiger partial charge in [-0.2, -0.15) is 0 Å². The quantitative estimate of drug-likeness (QED) is 0.645. The summed E-state index contributed by atoms with van der Waals surface area (Å²) in [5.74, 6) is -0.468. The van der Waals surface area contributed by atoms with Gasteiger partial charge in [0.1, 0.15) is 5.75 Å². The van der Waals surface area contributed by atoms with Crippen LogP contribution in [0.4, 0.5) is 5.69 Å². The van der Waals surface area contributed by atoms with Gasteiger partial charge in [0, 0.05) is 7.05 Å². The van der Waals surface area contributed by atoms with E-state index in [1.807, 2.05) is 0 Å². The third kappa shape index (κ3) is 3.71. The maximum atomic E-state index is 11.6. The van der Waals surface area contributed by atoms with E-state index in [-0.39, 0.29) is 19.1 Å². The monoisotopic (exact) mass is 294 g/mol. The first-order valence-electron chi connectivity index (χ1n) is 6.63. The van der Waals surface area contributed by atoms with Gasteiger partial charge >= 0.3 is 5.97 Å². The van der Waals surface area contributed by atoms with Crippen LogP contribution < -0.4 is 15.0 Å². The van der Waals surface area contributed by atoms with Gasteiger partial charge in [0.25, 0.3) is 5.91 Å². The second-order valence-electron chi connectivity index (χ2n) is 4.84. The Kier molecular flexibility index (Phi) is 4.77. The first-order valence-corrected chi connectivity index (χ1v) is 6.63. The number of likely N-dealkylation sites (N-methyl/N-ethyl adjacent to an activating group) is 1. The van der Waals surface area contributed by atoms with Crippen molar-refractivity contribution in [3.63, 3.8) is 0 Å². The van der Waals surface area contributed by atoms with E-state index in [4.69, 9.17) is 9.84 Å². The van der Waals surface area contributed by atoms with Gasteiger partial charge < -0.3 is 25.2 Å². The molecule has 1 aromatic rings. The number of nitrogens with one attached hydrogen (secondary N) is 1. The first kappa shape index (κ1) is 15.3. The average molecular weight is 294 g/mol. The lowest BCUT2D eigenvalue weighted by atomic mass is 10.0.